The molecular formula is C10H9BBr2F2O6. The van der Waals surface area contributed by atoms with Gasteiger partial charge in [-0.25, -0.2) is 0 Å². The van der Waals surface area contributed by atoms with E-state index in [0.717, 1.165) is 14.2 Å². The topological polar surface area (TPSA) is 73.1 Å². The van der Waals surface area contributed by atoms with Gasteiger partial charge in [-0.3, -0.25) is 9.59 Å². The summed E-state index contributed by atoms with van der Waals surface area (Å²) >= 11 is 6.06. The lowest BCUT2D eigenvalue weighted by Gasteiger charge is -2.36. The van der Waals surface area contributed by atoms with Crippen molar-refractivity contribution in [2.24, 2.45) is 5.92 Å². The zero-order valence-corrected chi connectivity index (χ0v) is 14.0. The Hall–Kier alpha value is -0.965. The van der Waals surface area contributed by atoms with Crippen molar-refractivity contribution in [3.8, 4) is 0 Å². The zero-order chi connectivity index (χ0) is 16.0. The molecule has 0 fully saturated rings. The van der Waals surface area contributed by atoms with Gasteiger partial charge in [0, 0.05) is 6.42 Å². The molecule has 0 spiro atoms. The van der Waals surface area contributed by atoms with Crippen LogP contribution in [0.4, 0.5) is 8.63 Å². The predicted molar refractivity (Wildman–Crippen MR) is 73.8 cm³/mol. The first kappa shape index (κ1) is 16.4. The number of allylic oxidation sites excluding steroid dienone is 1. The Morgan fingerprint density at radius 1 is 1.48 bits per heavy atom. The van der Waals surface area contributed by atoms with Crippen molar-refractivity contribution >= 4 is 56.7 Å². The minimum atomic E-state index is -4.71. The van der Waals surface area contributed by atoms with Crippen molar-refractivity contribution in [1.82, 2.24) is 0 Å². The van der Waals surface area contributed by atoms with E-state index in [-0.39, 0.29) is 12.0 Å². The standard InChI is InChI=1S/C10H9BBr2F2O6/c1-18-8(17)5-3-4-6(7(16)10(5,12)13)20-11(14,15)21-9(4)19-2/h5H,3H2,1-2H3/t5-/m0/s1. The van der Waals surface area contributed by atoms with Gasteiger partial charge in [0.25, 0.3) is 0 Å². The number of rotatable bonds is 1. The molecule has 0 radical (unpaired) electrons. The van der Waals surface area contributed by atoms with Gasteiger partial charge in [0.05, 0.1) is 13.0 Å². The highest BCUT2D eigenvalue weighted by Gasteiger charge is 2.59. The molecule has 0 amide bonds. The molecule has 1 aliphatic heterocycles. The first-order valence-corrected chi connectivity index (χ1v) is 7.25. The molecule has 11 heteroatoms. The van der Waals surface area contributed by atoms with Crippen molar-refractivity contribution in [2.45, 2.75) is 9.65 Å². The fourth-order valence-corrected chi connectivity index (χ4v) is 3.13. The van der Waals surface area contributed by atoms with Gasteiger partial charge in [-0.2, -0.15) is 0 Å². The van der Waals surface area contributed by atoms with Crippen molar-refractivity contribution in [3.63, 3.8) is 0 Å². The van der Waals surface area contributed by atoms with Crippen molar-refractivity contribution < 1.29 is 36.7 Å². The van der Waals surface area contributed by atoms with E-state index in [4.69, 9.17) is 4.74 Å². The molecule has 2 aliphatic rings. The first-order valence-electron chi connectivity index (χ1n) is 5.67. The van der Waals surface area contributed by atoms with Gasteiger partial charge in [-0.15, -0.1) is 0 Å². The van der Waals surface area contributed by atoms with E-state index in [2.05, 4.69) is 45.6 Å². The molecule has 0 aromatic carbocycles. The smallest absolute Gasteiger partial charge is 0.596 e. The minimum Gasteiger partial charge on any atom is -0.596 e. The quantitative estimate of drug-likeness (QED) is 0.272. The molecule has 2 rings (SSSR count). The summed E-state index contributed by atoms with van der Waals surface area (Å²) in [5.74, 6) is -3.73. The van der Waals surface area contributed by atoms with Crippen molar-refractivity contribution in [2.75, 3.05) is 14.2 Å². The third-order valence-electron chi connectivity index (χ3n) is 3.05. The second kappa shape index (κ2) is 5.34. The first-order chi connectivity index (χ1) is 9.64. The van der Waals surface area contributed by atoms with Crippen LogP contribution in [0.25, 0.3) is 0 Å². The number of carbonyl (C=O) groups excluding carboxylic acids is 3. The molecule has 0 saturated carbocycles. The van der Waals surface area contributed by atoms with E-state index in [1.165, 1.54) is 0 Å². The highest BCUT2D eigenvalue weighted by molar-refractivity contribution is 9.26. The van der Waals surface area contributed by atoms with E-state index in [9.17, 15) is 18.2 Å². The van der Waals surface area contributed by atoms with Crippen LogP contribution < -0.4 is 0 Å². The Bertz CT molecular complexity index is 574. The van der Waals surface area contributed by atoms with E-state index < -0.39 is 39.7 Å². The fraction of sp³-hybridized carbons (Fsp3) is 0.500. The van der Waals surface area contributed by atoms with Crippen LogP contribution >= 0.6 is 31.9 Å². The number of alkyl halides is 2. The molecule has 1 atom stereocenters. The van der Waals surface area contributed by atoms with Gasteiger partial charge < -0.3 is 27.1 Å². The zero-order valence-electron chi connectivity index (χ0n) is 10.8. The van der Waals surface area contributed by atoms with Crippen LogP contribution in [0.5, 0.6) is 0 Å². The molecule has 116 valence electrons. The predicted octanol–water partition coefficient (Wildman–Crippen LogP) is 1.60. The molecule has 1 aliphatic carbocycles. The summed E-state index contributed by atoms with van der Waals surface area (Å²) in [6.45, 7) is 0. The largest absolute Gasteiger partial charge is 0.866 e. The lowest BCUT2D eigenvalue weighted by Crippen LogP contribution is -2.50. The number of halogens is 4. The van der Waals surface area contributed by atoms with Gasteiger partial charge in [-0.05, 0) is 0 Å². The van der Waals surface area contributed by atoms with E-state index in [1.54, 1.807) is 0 Å². The second-order valence-corrected chi connectivity index (χ2v) is 7.87. The Balaban J connectivity index is 2.53. The Labute approximate surface area is 134 Å². The summed E-state index contributed by atoms with van der Waals surface area (Å²) < 4.78 is 43.1. The summed E-state index contributed by atoms with van der Waals surface area (Å²) in [7, 11) is -2.45. The number of ketones is 1. The van der Waals surface area contributed by atoms with E-state index in [1.807, 2.05) is 0 Å². The lowest BCUT2D eigenvalue weighted by molar-refractivity contribution is -0.376. The van der Waals surface area contributed by atoms with Gasteiger partial charge in [-0.1, -0.05) is 31.9 Å². The molecule has 1 heterocycles. The average molecular weight is 434 g/mol. The van der Waals surface area contributed by atoms with E-state index in [0.29, 0.717) is 0 Å². The summed E-state index contributed by atoms with van der Waals surface area (Å²) in [5, 5.41) is 0. The monoisotopic (exact) mass is 432 g/mol. The van der Waals surface area contributed by atoms with Gasteiger partial charge >= 0.3 is 19.0 Å². The van der Waals surface area contributed by atoms with Crippen LogP contribution in [0.2, 0.25) is 0 Å². The van der Waals surface area contributed by atoms with Crippen LogP contribution in [0, 0.1) is 5.92 Å². The molecule has 0 aromatic rings. The number of ether oxygens (including phenoxy) is 2. The van der Waals surface area contributed by atoms with Crippen molar-refractivity contribution in [3.05, 3.63) is 11.3 Å². The summed E-state index contributed by atoms with van der Waals surface area (Å²) in [6.07, 6.45) is -0.139. The van der Waals surface area contributed by atoms with Crippen LogP contribution in [0.15, 0.2) is 11.3 Å². The van der Waals surface area contributed by atoms with Crippen LogP contribution in [-0.2, 0) is 28.1 Å². The molecule has 0 saturated heterocycles. The highest BCUT2D eigenvalue weighted by Crippen LogP contribution is 2.48. The molecular weight excluding hydrogens is 425 g/mol. The maximum absolute atomic E-state index is 13.4. The van der Waals surface area contributed by atoms with Crippen molar-refractivity contribution in [1.29, 1.82) is 0 Å². The second-order valence-electron chi connectivity index (χ2n) is 4.30. The summed E-state index contributed by atoms with van der Waals surface area (Å²) in [4.78, 5) is 24.1. The maximum atomic E-state index is 13.4. The molecule has 21 heavy (non-hydrogen) atoms. The van der Waals surface area contributed by atoms with Crippen LogP contribution in [0.3, 0.4) is 0 Å². The normalized spacial score (nSPS) is 26.5. The van der Waals surface area contributed by atoms with Crippen LogP contribution in [0.1, 0.15) is 6.42 Å². The number of hydrogen-bond acceptors (Lipinski definition) is 5. The number of Topliss-reactive ketones (excluding diaryl/α,β-unsaturated/α-hetero) is 1. The number of hydrogen-bond donors (Lipinski definition) is 0. The van der Waals surface area contributed by atoms with Gasteiger partial charge in [0.2, 0.25) is 5.78 Å². The number of carbonyl (C=O) groups is 2. The Kier molecular flexibility index (Phi) is 4.18. The molecule has 0 aromatic heterocycles. The average Bonchev–Trinajstić information content (AvgIpc) is 2.41. The molecule has 6 nitrogen and oxygen atoms in total. The Morgan fingerprint density at radius 3 is 2.62 bits per heavy atom. The van der Waals surface area contributed by atoms with Gasteiger partial charge in [0.1, 0.15) is 11.3 Å². The lowest BCUT2D eigenvalue weighted by atomic mass is 9.85. The Morgan fingerprint density at radius 2 is 2.10 bits per heavy atom. The van der Waals surface area contributed by atoms with Crippen LogP contribution in [-0.4, -0.2) is 42.3 Å². The third kappa shape index (κ3) is 2.72. The maximum Gasteiger partial charge on any atom is 0.866 e. The third-order valence-corrected chi connectivity index (χ3v) is 4.87. The van der Waals surface area contributed by atoms with Gasteiger partial charge in [0.15, 0.2) is 10.3 Å². The fourth-order valence-electron chi connectivity index (χ4n) is 2.07. The summed E-state index contributed by atoms with van der Waals surface area (Å²) in [5.41, 5.74) is -0.0415. The minimum absolute atomic E-state index is 0.0415. The molecule has 0 bridgehead atoms. The molecule has 0 N–H and O–H groups in total. The van der Waals surface area contributed by atoms with E-state index >= 15 is 0 Å². The molecule has 0 unspecified atom stereocenters. The summed E-state index contributed by atoms with van der Waals surface area (Å²) in [6, 6.07) is 0. The highest BCUT2D eigenvalue weighted by atomic mass is 79.9. The number of esters is 2. The SMILES string of the molecule is COC(=O)[C@@H]1CC2=C(O[B-](F)(F)[O+]=C2OC)C(=O)C1(Br)Br. The number of methoxy groups -OCH3 is 2.